The van der Waals surface area contributed by atoms with Crippen molar-refractivity contribution in [1.82, 2.24) is 15.0 Å². The zero-order valence-corrected chi connectivity index (χ0v) is 11.4. The third kappa shape index (κ3) is 3.69. The summed E-state index contributed by atoms with van der Waals surface area (Å²) < 4.78 is 0. The predicted octanol–water partition coefficient (Wildman–Crippen LogP) is 0.483. The van der Waals surface area contributed by atoms with Gasteiger partial charge < -0.3 is 21.1 Å². The second kappa shape index (κ2) is 5.81. The van der Waals surface area contributed by atoms with Gasteiger partial charge in [-0.3, -0.25) is 0 Å². The highest BCUT2D eigenvalue weighted by atomic mass is 16.3. The van der Waals surface area contributed by atoms with E-state index in [1.54, 1.807) is 4.90 Å². The number of aliphatic hydroxyl groups is 1. The van der Waals surface area contributed by atoms with E-state index in [0.717, 1.165) is 0 Å². The van der Waals surface area contributed by atoms with Crippen LogP contribution in [0.3, 0.4) is 0 Å². The molecule has 0 saturated carbocycles. The van der Waals surface area contributed by atoms with Gasteiger partial charge in [0, 0.05) is 20.6 Å². The summed E-state index contributed by atoms with van der Waals surface area (Å²) in [5.41, 5.74) is 4.86. The molecular weight excluding hydrogens is 232 g/mol. The molecular formula is C11H22N6O. The van der Waals surface area contributed by atoms with Gasteiger partial charge in [0.05, 0.1) is 5.60 Å². The van der Waals surface area contributed by atoms with Crippen molar-refractivity contribution in [3.63, 3.8) is 0 Å². The van der Waals surface area contributed by atoms with Crippen LogP contribution in [0.1, 0.15) is 26.7 Å². The fourth-order valence-electron chi connectivity index (χ4n) is 1.40. The van der Waals surface area contributed by atoms with E-state index < -0.39 is 5.60 Å². The van der Waals surface area contributed by atoms with E-state index in [1.807, 2.05) is 27.9 Å². The number of rotatable bonds is 6. The molecule has 18 heavy (non-hydrogen) atoms. The topological polar surface area (TPSA) is 100 Å². The van der Waals surface area contributed by atoms with Crippen molar-refractivity contribution in [3.05, 3.63) is 0 Å². The third-order valence-corrected chi connectivity index (χ3v) is 2.93. The molecule has 102 valence electrons. The first kappa shape index (κ1) is 14.4. The SMILES string of the molecule is CCC(O)(CC)CNc1nc(N)nc(N(C)C)n1. The first-order valence-corrected chi connectivity index (χ1v) is 6.05. The summed E-state index contributed by atoms with van der Waals surface area (Å²) in [7, 11) is 3.65. The molecule has 7 nitrogen and oxygen atoms in total. The normalized spacial score (nSPS) is 11.4. The average molecular weight is 254 g/mol. The number of anilines is 3. The highest BCUT2D eigenvalue weighted by Gasteiger charge is 2.22. The van der Waals surface area contributed by atoms with Crippen LogP contribution in [0.2, 0.25) is 0 Å². The molecule has 0 atom stereocenters. The largest absolute Gasteiger partial charge is 0.388 e. The average Bonchev–Trinajstić information content (AvgIpc) is 2.35. The molecule has 0 spiro atoms. The molecule has 1 heterocycles. The Labute approximate surface area is 107 Å². The van der Waals surface area contributed by atoms with Gasteiger partial charge in [0.1, 0.15) is 0 Å². The van der Waals surface area contributed by atoms with Gasteiger partial charge in [-0.2, -0.15) is 15.0 Å². The second-order valence-corrected chi connectivity index (χ2v) is 4.50. The summed E-state index contributed by atoms with van der Waals surface area (Å²) in [5.74, 6) is 1.03. The number of nitrogens with one attached hydrogen (secondary N) is 1. The van der Waals surface area contributed by atoms with E-state index in [1.165, 1.54) is 0 Å². The highest BCUT2D eigenvalue weighted by Crippen LogP contribution is 2.16. The molecule has 0 aliphatic heterocycles. The lowest BCUT2D eigenvalue weighted by atomic mass is 9.98. The van der Waals surface area contributed by atoms with Crippen LogP contribution in [0.25, 0.3) is 0 Å². The molecule has 0 fully saturated rings. The Bertz CT molecular complexity index is 391. The van der Waals surface area contributed by atoms with Crippen LogP contribution < -0.4 is 16.0 Å². The van der Waals surface area contributed by atoms with Crippen molar-refractivity contribution in [3.8, 4) is 0 Å². The van der Waals surface area contributed by atoms with Crippen molar-refractivity contribution in [1.29, 1.82) is 0 Å². The number of nitrogen functional groups attached to an aromatic ring is 1. The predicted molar refractivity (Wildman–Crippen MR) is 72.6 cm³/mol. The second-order valence-electron chi connectivity index (χ2n) is 4.50. The van der Waals surface area contributed by atoms with Gasteiger partial charge in [-0.15, -0.1) is 0 Å². The Morgan fingerprint density at radius 3 is 2.33 bits per heavy atom. The summed E-state index contributed by atoms with van der Waals surface area (Å²) in [4.78, 5) is 13.9. The van der Waals surface area contributed by atoms with Gasteiger partial charge in [0.2, 0.25) is 17.8 Å². The van der Waals surface area contributed by atoms with E-state index in [2.05, 4.69) is 20.3 Å². The van der Waals surface area contributed by atoms with Crippen LogP contribution in [0, 0.1) is 0 Å². The first-order valence-electron chi connectivity index (χ1n) is 6.05. The maximum Gasteiger partial charge on any atom is 0.231 e. The lowest BCUT2D eigenvalue weighted by molar-refractivity contribution is 0.0455. The Hall–Kier alpha value is -1.63. The maximum absolute atomic E-state index is 10.2. The first-order chi connectivity index (χ1) is 8.40. The van der Waals surface area contributed by atoms with E-state index in [4.69, 9.17) is 5.73 Å². The standard InChI is InChI=1S/C11H22N6O/c1-5-11(18,6-2)7-13-9-14-8(12)15-10(16-9)17(3)4/h18H,5-7H2,1-4H3,(H3,12,13,14,15,16). The van der Waals surface area contributed by atoms with Crippen LogP contribution in [-0.2, 0) is 0 Å². The summed E-state index contributed by atoms with van der Waals surface area (Å²) in [6.07, 6.45) is 1.33. The quantitative estimate of drug-likeness (QED) is 0.679. The molecule has 0 unspecified atom stereocenters. The van der Waals surface area contributed by atoms with Gasteiger partial charge in [-0.05, 0) is 12.8 Å². The van der Waals surface area contributed by atoms with Gasteiger partial charge in [-0.25, -0.2) is 0 Å². The number of hydrogen-bond donors (Lipinski definition) is 3. The summed E-state index contributed by atoms with van der Waals surface area (Å²) in [5, 5.41) is 13.2. The molecule has 0 radical (unpaired) electrons. The lowest BCUT2D eigenvalue weighted by Crippen LogP contribution is -2.36. The fraction of sp³-hybridized carbons (Fsp3) is 0.727. The molecule has 0 bridgehead atoms. The van der Waals surface area contributed by atoms with Gasteiger partial charge in [-0.1, -0.05) is 13.8 Å². The molecule has 0 amide bonds. The van der Waals surface area contributed by atoms with Crippen molar-refractivity contribution >= 4 is 17.8 Å². The van der Waals surface area contributed by atoms with Crippen LogP contribution in [-0.4, -0.2) is 46.3 Å². The molecule has 7 heteroatoms. The minimum atomic E-state index is -0.750. The zero-order valence-electron chi connectivity index (χ0n) is 11.4. The van der Waals surface area contributed by atoms with E-state index in [9.17, 15) is 5.11 Å². The summed E-state index contributed by atoms with van der Waals surface area (Å²) >= 11 is 0. The molecule has 0 aromatic carbocycles. The van der Waals surface area contributed by atoms with Gasteiger partial charge >= 0.3 is 0 Å². The smallest absolute Gasteiger partial charge is 0.231 e. The van der Waals surface area contributed by atoms with Crippen LogP contribution in [0.5, 0.6) is 0 Å². The van der Waals surface area contributed by atoms with Gasteiger partial charge in [0.25, 0.3) is 0 Å². The van der Waals surface area contributed by atoms with E-state index in [-0.39, 0.29) is 5.95 Å². The molecule has 0 aliphatic rings. The molecule has 1 aromatic heterocycles. The van der Waals surface area contributed by atoms with E-state index in [0.29, 0.717) is 31.3 Å². The number of nitrogens with two attached hydrogens (primary N) is 1. The summed E-state index contributed by atoms with van der Waals surface area (Å²) in [6.45, 7) is 4.27. The minimum Gasteiger partial charge on any atom is -0.388 e. The zero-order chi connectivity index (χ0) is 13.8. The van der Waals surface area contributed by atoms with Crippen molar-refractivity contribution in [2.45, 2.75) is 32.3 Å². The Morgan fingerprint density at radius 1 is 1.22 bits per heavy atom. The summed E-state index contributed by atoms with van der Waals surface area (Å²) in [6, 6.07) is 0. The number of aromatic nitrogens is 3. The van der Waals surface area contributed by atoms with Crippen molar-refractivity contribution in [2.24, 2.45) is 0 Å². The van der Waals surface area contributed by atoms with Gasteiger partial charge in [0.15, 0.2) is 0 Å². The lowest BCUT2D eigenvalue weighted by Gasteiger charge is -2.25. The Balaban J connectivity index is 2.79. The van der Waals surface area contributed by atoms with Crippen LogP contribution in [0.15, 0.2) is 0 Å². The number of hydrogen-bond acceptors (Lipinski definition) is 7. The molecule has 4 N–H and O–H groups in total. The molecule has 1 aromatic rings. The van der Waals surface area contributed by atoms with Crippen LogP contribution >= 0.6 is 0 Å². The third-order valence-electron chi connectivity index (χ3n) is 2.93. The molecule has 0 saturated heterocycles. The molecule has 0 aliphatic carbocycles. The van der Waals surface area contributed by atoms with Crippen molar-refractivity contribution < 1.29 is 5.11 Å². The monoisotopic (exact) mass is 254 g/mol. The van der Waals surface area contributed by atoms with E-state index >= 15 is 0 Å². The minimum absolute atomic E-state index is 0.160. The maximum atomic E-state index is 10.2. The number of nitrogens with zero attached hydrogens (tertiary/aromatic N) is 4. The highest BCUT2D eigenvalue weighted by molar-refractivity contribution is 5.40. The molecule has 1 rings (SSSR count). The van der Waals surface area contributed by atoms with Crippen molar-refractivity contribution in [2.75, 3.05) is 36.6 Å². The fourth-order valence-corrected chi connectivity index (χ4v) is 1.40. The van der Waals surface area contributed by atoms with Crippen LogP contribution in [0.4, 0.5) is 17.8 Å². The Kier molecular flexibility index (Phi) is 4.66. The Morgan fingerprint density at radius 2 is 1.83 bits per heavy atom.